The normalized spacial score (nSPS) is 12.7. The van der Waals surface area contributed by atoms with Gasteiger partial charge in [0.05, 0.1) is 11.9 Å². The van der Waals surface area contributed by atoms with Gasteiger partial charge in [-0.2, -0.15) is 0 Å². The van der Waals surface area contributed by atoms with Gasteiger partial charge in [0, 0.05) is 16.6 Å². The van der Waals surface area contributed by atoms with Gasteiger partial charge in [-0.15, -0.1) is 5.10 Å². The van der Waals surface area contributed by atoms with Gasteiger partial charge in [0.15, 0.2) is 0 Å². The maximum absolute atomic E-state index is 13.8. The third-order valence-corrected chi connectivity index (χ3v) is 3.33. The highest BCUT2D eigenvalue weighted by Crippen LogP contribution is 2.30. The van der Waals surface area contributed by atoms with E-state index in [1.54, 1.807) is 16.8 Å². The molecule has 18 heavy (non-hydrogen) atoms. The number of aryl methyl sites for hydroxylation is 1. The smallest absolute Gasteiger partial charge is 0.130 e. The second-order valence-corrected chi connectivity index (χ2v) is 4.77. The Hall–Kier alpha value is -1.27. The van der Waals surface area contributed by atoms with E-state index in [0.29, 0.717) is 16.7 Å². The summed E-state index contributed by atoms with van der Waals surface area (Å²) < 4.78 is 15.9. The van der Waals surface area contributed by atoms with Crippen LogP contribution in [0.2, 0.25) is 0 Å². The Morgan fingerprint density at radius 1 is 1.50 bits per heavy atom. The van der Waals surface area contributed by atoms with Crippen LogP contribution in [0.1, 0.15) is 30.7 Å². The zero-order valence-corrected chi connectivity index (χ0v) is 11.4. The van der Waals surface area contributed by atoms with E-state index in [4.69, 9.17) is 0 Å². The lowest BCUT2D eigenvalue weighted by atomic mass is 10.1. The topological polar surface area (TPSA) is 50.9 Å². The summed E-state index contributed by atoms with van der Waals surface area (Å²) in [5, 5.41) is 17.9. The Morgan fingerprint density at radius 3 is 2.94 bits per heavy atom. The molecule has 6 heteroatoms. The highest BCUT2D eigenvalue weighted by Gasteiger charge is 2.21. The Morgan fingerprint density at radius 2 is 2.28 bits per heavy atom. The number of hydrogen-bond donors (Lipinski definition) is 1. The first-order valence-corrected chi connectivity index (χ1v) is 6.44. The summed E-state index contributed by atoms with van der Waals surface area (Å²) in [5.41, 5.74) is 0.694. The second kappa shape index (κ2) is 5.58. The number of benzene rings is 1. The molecule has 2 aromatic rings. The number of aliphatic hydroxyl groups is 1. The molecule has 1 aromatic carbocycles. The molecule has 0 aliphatic carbocycles. The van der Waals surface area contributed by atoms with Crippen molar-refractivity contribution in [2.75, 3.05) is 0 Å². The van der Waals surface area contributed by atoms with E-state index in [0.717, 1.165) is 6.42 Å². The summed E-state index contributed by atoms with van der Waals surface area (Å²) in [6.45, 7) is 2.63. The molecule has 0 fully saturated rings. The Balaban J connectivity index is 2.41. The minimum atomic E-state index is -1.08. The quantitative estimate of drug-likeness (QED) is 0.944. The fraction of sp³-hybridized carbons (Fsp3) is 0.333. The molecule has 0 aliphatic heterocycles. The standard InChI is InChI=1S/C12H13BrFN3O/c1-2-6-17-10(7-15-16-17)12(18)11-8(13)4-3-5-9(11)14/h3-5,7,12,18H,2,6H2,1H3. The first kappa shape index (κ1) is 13.2. The van der Waals surface area contributed by atoms with Gasteiger partial charge >= 0.3 is 0 Å². The summed E-state index contributed by atoms with van der Waals surface area (Å²) in [6.07, 6.45) is 1.24. The van der Waals surface area contributed by atoms with E-state index < -0.39 is 11.9 Å². The molecule has 1 aromatic heterocycles. The first-order chi connectivity index (χ1) is 8.65. The molecule has 96 valence electrons. The molecule has 0 bridgehead atoms. The van der Waals surface area contributed by atoms with Gasteiger partial charge in [0.25, 0.3) is 0 Å². The number of nitrogens with zero attached hydrogens (tertiary/aromatic N) is 3. The number of aliphatic hydroxyl groups excluding tert-OH is 1. The molecule has 2 rings (SSSR count). The fourth-order valence-electron chi connectivity index (χ4n) is 1.78. The molecule has 0 saturated carbocycles. The monoisotopic (exact) mass is 313 g/mol. The minimum Gasteiger partial charge on any atom is -0.382 e. The summed E-state index contributed by atoms with van der Waals surface area (Å²) in [6, 6.07) is 4.59. The van der Waals surface area contributed by atoms with Gasteiger partial charge in [-0.25, -0.2) is 9.07 Å². The van der Waals surface area contributed by atoms with Crippen LogP contribution in [-0.2, 0) is 6.54 Å². The van der Waals surface area contributed by atoms with E-state index in [1.165, 1.54) is 12.3 Å². The lowest BCUT2D eigenvalue weighted by Gasteiger charge is -2.14. The van der Waals surface area contributed by atoms with E-state index in [-0.39, 0.29) is 5.56 Å². The Bertz CT molecular complexity index is 524. The van der Waals surface area contributed by atoms with Crippen molar-refractivity contribution >= 4 is 15.9 Å². The van der Waals surface area contributed by atoms with Crippen molar-refractivity contribution in [3.05, 3.63) is 45.9 Å². The summed E-state index contributed by atoms with van der Waals surface area (Å²) in [5.74, 6) is -0.457. The molecule has 1 heterocycles. The van der Waals surface area contributed by atoms with Crippen LogP contribution in [0.25, 0.3) is 0 Å². The van der Waals surface area contributed by atoms with Crippen molar-refractivity contribution in [2.24, 2.45) is 0 Å². The third-order valence-electron chi connectivity index (χ3n) is 2.64. The number of rotatable bonds is 4. The first-order valence-electron chi connectivity index (χ1n) is 5.65. The van der Waals surface area contributed by atoms with E-state index in [2.05, 4.69) is 26.2 Å². The van der Waals surface area contributed by atoms with Crippen LogP contribution in [0.5, 0.6) is 0 Å². The molecule has 0 saturated heterocycles. The van der Waals surface area contributed by atoms with Crippen molar-refractivity contribution in [3.8, 4) is 0 Å². The van der Waals surface area contributed by atoms with Crippen LogP contribution in [0, 0.1) is 5.82 Å². The van der Waals surface area contributed by atoms with Crippen molar-refractivity contribution in [1.29, 1.82) is 0 Å². The van der Waals surface area contributed by atoms with Crippen molar-refractivity contribution in [3.63, 3.8) is 0 Å². The van der Waals surface area contributed by atoms with Crippen LogP contribution < -0.4 is 0 Å². The largest absolute Gasteiger partial charge is 0.382 e. The molecule has 0 radical (unpaired) electrons. The molecule has 0 spiro atoms. The number of halogens is 2. The van der Waals surface area contributed by atoms with Crippen LogP contribution >= 0.6 is 15.9 Å². The van der Waals surface area contributed by atoms with E-state index in [9.17, 15) is 9.50 Å². The molecule has 1 atom stereocenters. The van der Waals surface area contributed by atoms with Gasteiger partial charge in [-0.3, -0.25) is 0 Å². The van der Waals surface area contributed by atoms with E-state index >= 15 is 0 Å². The highest BCUT2D eigenvalue weighted by atomic mass is 79.9. The van der Waals surface area contributed by atoms with Gasteiger partial charge in [-0.1, -0.05) is 34.1 Å². The van der Waals surface area contributed by atoms with Crippen molar-refractivity contribution in [2.45, 2.75) is 26.0 Å². The Labute approximate surface area is 113 Å². The maximum atomic E-state index is 13.8. The number of aromatic nitrogens is 3. The SMILES string of the molecule is CCCn1nncc1C(O)c1c(F)cccc1Br. The lowest BCUT2D eigenvalue weighted by molar-refractivity contribution is 0.201. The van der Waals surface area contributed by atoms with Crippen LogP contribution in [0.4, 0.5) is 4.39 Å². The van der Waals surface area contributed by atoms with Gasteiger partial charge in [0.2, 0.25) is 0 Å². The minimum absolute atomic E-state index is 0.206. The van der Waals surface area contributed by atoms with Crippen LogP contribution in [0.15, 0.2) is 28.9 Å². The molecule has 4 nitrogen and oxygen atoms in total. The average molecular weight is 314 g/mol. The zero-order chi connectivity index (χ0) is 13.1. The van der Waals surface area contributed by atoms with Gasteiger partial charge in [0.1, 0.15) is 11.9 Å². The summed E-state index contributed by atoms with van der Waals surface area (Å²) >= 11 is 3.25. The van der Waals surface area contributed by atoms with Gasteiger partial charge in [-0.05, 0) is 18.6 Å². The van der Waals surface area contributed by atoms with E-state index in [1.807, 2.05) is 6.92 Å². The molecule has 1 N–H and O–H groups in total. The molecule has 0 amide bonds. The molecular weight excluding hydrogens is 301 g/mol. The zero-order valence-electron chi connectivity index (χ0n) is 9.85. The number of hydrogen-bond acceptors (Lipinski definition) is 3. The predicted octanol–water partition coefficient (Wildman–Crippen LogP) is 2.67. The maximum Gasteiger partial charge on any atom is 0.130 e. The molecule has 1 unspecified atom stereocenters. The molecular formula is C12H13BrFN3O. The summed E-state index contributed by atoms with van der Waals surface area (Å²) in [4.78, 5) is 0. The summed E-state index contributed by atoms with van der Waals surface area (Å²) in [7, 11) is 0. The molecule has 0 aliphatic rings. The fourth-order valence-corrected chi connectivity index (χ4v) is 2.34. The third kappa shape index (κ3) is 2.44. The Kier molecular flexibility index (Phi) is 4.08. The van der Waals surface area contributed by atoms with Crippen LogP contribution in [-0.4, -0.2) is 20.1 Å². The lowest BCUT2D eigenvalue weighted by Crippen LogP contribution is -2.11. The van der Waals surface area contributed by atoms with Crippen molar-refractivity contribution < 1.29 is 9.50 Å². The van der Waals surface area contributed by atoms with Crippen LogP contribution in [0.3, 0.4) is 0 Å². The van der Waals surface area contributed by atoms with Gasteiger partial charge < -0.3 is 5.11 Å². The second-order valence-electron chi connectivity index (χ2n) is 3.92. The van der Waals surface area contributed by atoms with Crippen molar-refractivity contribution in [1.82, 2.24) is 15.0 Å². The average Bonchev–Trinajstić information content (AvgIpc) is 2.77. The predicted molar refractivity (Wildman–Crippen MR) is 68.5 cm³/mol. The highest BCUT2D eigenvalue weighted by molar-refractivity contribution is 9.10.